The normalized spacial score (nSPS) is 10.9. The van der Waals surface area contributed by atoms with Crippen molar-refractivity contribution in [1.29, 1.82) is 0 Å². The van der Waals surface area contributed by atoms with Gasteiger partial charge in [0.05, 0.1) is 22.0 Å². The Morgan fingerprint density at radius 2 is 1.66 bits per heavy atom. The number of urea groups is 1. The Balaban J connectivity index is 1.62. The minimum Gasteiger partial charge on any atom is -0.457 e. The molecule has 0 atom stereocenters. The Morgan fingerprint density at radius 1 is 1.00 bits per heavy atom. The predicted molar refractivity (Wildman–Crippen MR) is 118 cm³/mol. The van der Waals surface area contributed by atoms with Gasteiger partial charge in [0.15, 0.2) is 0 Å². The maximum atomic E-state index is 13.0. The number of carbonyl (C=O) groups excluding carboxylic acids is 1. The predicted octanol–water partition coefficient (Wildman–Crippen LogP) is 6.38. The average molecular weight is 463 g/mol. The van der Waals surface area contributed by atoms with Crippen molar-refractivity contribution in [3.8, 4) is 11.5 Å². The standard InChI is InChI=1S/C22H18ClF3N4O2/c1-13(27-2)20-12-17(9-10-28-20)32-16-6-3-14(4-7-16)29-21(31)30-15-5-8-19(23)18(11-15)22(24,25)26/h3-12,27H,1H2,2H3,(H2,29,30,31). The largest absolute Gasteiger partial charge is 0.457 e. The Morgan fingerprint density at radius 3 is 2.31 bits per heavy atom. The SMILES string of the molecule is C=C(NC)c1cc(Oc2ccc(NC(=O)Nc3ccc(Cl)c(C(F)(F)F)c3)cc2)ccn1. The second kappa shape index (κ2) is 9.61. The number of pyridine rings is 1. The van der Waals surface area contributed by atoms with Gasteiger partial charge in [-0.25, -0.2) is 4.79 Å². The first kappa shape index (κ1) is 23.0. The number of alkyl halides is 3. The van der Waals surface area contributed by atoms with Gasteiger partial charge in [-0.2, -0.15) is 13.2 Å². The zero-order chi connectivity index (χ0) is 23.3. The molecule has 32 heavy (non-hydrogen) atoms. The van der Waals surface area contributed by atoms with Crippen molar-refractivity contribution in [3.63, 3.8) is 0 Å². The van der Waals surface area contributed by atoms with E-state index >= 15 is 0 Å². The number of carbonyl (C=O) groups is 1. The van der Waals surface area contributed by atoms with Crippen LogP contribution in [0, 0.1) is 0 Å². The molecule has 0 saturated carbocycles. The highest BCUT2D eigenvalue weighted by Crippen LogP contribution is 2.36. The fourth-order valence-electron chi connectivity index (χ4n) is 2.62. The average Bonchev–Trinajstić information content (AvgIpc) is 2.75. The molecule has 3 N–H and O–H groups in total. The first-order chi connectivity index (χ1) is 15.2. The third-order valence-corrected chi connectivity index (χ3v) is 4.55. The van der Waals surface area contributed by atoms with Crippen molar-refractivity contribution in [2.45, 2.75) is 6.18 Å². The van der Waals surface area contributed by atoms with Crippen LogP contribution in [0.3, 0.4) is 0 Å². The number of aromatic nitrogens is 1. The van der Waals surface area contributed by atoms with Crippen molar-refractivity contribution < 1.29 is 22.7 Å². The maximum Gasteiger partial charge on any atom is 0.417 e. The summed E-state index contributed by atoms with van der Waals surface area (Å²) in [5.41, 5.74) is 0.616. The number of halogens is 4. The van der Waals surface area contributed by atoms with E-state index in [1.165, 1.54) is 6.07 Å². The summed E-state index contributed by atoms with van der Waals surface area (Å²) in [4.78, 5) is 16.3. The summed E-state index contributed by atoms with van der Waals surface area (Å²) in [5, 5.41) is 7.34. The molecule has 0 unspecified atom stereocenters. The number of hydrogen-bond donors (Lipinski definition) is 3. The van der Waals surface area contributed by atoms with Gasteiger partial charge in [-0.15, -0.1) is 0 Å². The molecule has 2 aromatic carbocycles. The molecule has 0 fully saturated rings. The summed E-state index contributed by atoms with van der Waals surface area (Å²) in [5.74, 6) is 1.06. The molecule has 0 aliphatic heterocycles. The van der Waals surface area contributed by atoms with Gasteiger partial charge in [-0.05, 0) is 48.5 Å². The van der Waals surface area contributed by atoms with Gasteiger partial charge in [-0.3, -0.25) is 4.98 Å². The molecule has 3 aromatic rings. The number of nitrogens with zero attached hydrogens (tertiary/aromatic N) is 1. The van der Waals surface area contributed by atoms with Crippen LogP contribution in [0.5, 0.6) is 11.5 Å². The topological polar surface area (TPSA) is 75.3 Å². The van der Waals surface area contributed by atoms with Crippen LogP contribution in [0.15, 0.2) is 67.4 Å². The minimum absolute atomic E-state index is 0.0455. The summed E-state index contributed by atoms with van der Waals surface area (Å²) >= 11 is 5.58. The molecular weight excluding hydrogens is 445 g/mol. The lowest BCUT2D eigenvalue weighted by Gasteiger charge is -2.13. The van der Waals surface area contributed by atoms with Gasteiger partial charge >= 0.3 is 12.2 Å². The number of ether oxygens (including phenoxy) is 1. The molecule has 0 saturated heterocycles. The number of benzene rings is 2. The highest BCUT2D eigenvalue weighted by molar-refractivity contribution is 6.31. The Labute approximate surface area is 187 Å². The number of anilines is 2. The Hall–Kier alpha value is -3.72. The highest BCUT2D eigenvalue weighted by atomic mass is 35.5. The number of nitrogens with one attached hydrogen (secondary N) is 3. The molecule has 6 nitrogen and oxygen atoms in total. The minimum atomic E-state index is -4.63. The van der Waals surface area contributed by atoms with Crippen LogP contribution >= 0.6 is 11.6 Å². The quantitative estimate of drug-likeness (QED) is 0.397. The van der Waals surface area contributed by atoms with E-state index in [2.05, 4.69) is 27.5 Å². The summed E-state index contributed by atoms with van der Waals surface area (Å²) in [7, 11) is 1.74. The van der Waals surface area contributed by atoms with Crippen LogP contribution in [0.4, 0.5) is 29.3 Å². The van der Waals surface area contributed by atoms with Gasteiger partial charge in [0, 0.05) is 30.7 Å². The zero-order valence-electron chi connectivity index (χ0n) is 16.8. The molecule has 166 valence electrons. The molecule has 10 heteroatoms. The summed E-state index contributed by atoms with van der Waals surface area (Å²) in [6.45, 7) is 3.84. The molecule has 1 aromatic heterocycles. The van der Waals surface area contributed by atoms with Crippen LogP contribution in [0.1, 0.15) is 11.3 Å². The molecule has 0 radical (unpaired) electrons. The lowest BCUT2D eigenvalue weighted by Crippen LogP contribution is -2.19. The maximum absolute atomic E-state index is 13.0. The second-order valence-corrected chi connectivity index (χ2v) is 6.91. The van der Waals surface area contributed by atoms with Crippen molar-refractivity contribution in [3.05, 3.63) is 83.7 Å². The van der Waals surface area contributed by atoms with Crippen molar-refractivity contribution >= 4 is 34.7 Å². The van der Waals surface area contributed by atoms with Crippen molar-refractivity contribution in [2.24, 2.45) is 0 Å². The summed E-state index contributed by atoms with van der Waals surface area (Å²) in [6, 6.07) is 12.3. The third-order valence-electron chi connectivity index (χ3n) is 4.22. The second-order valence-electron chi connectivity index (χ2n) is 6.50. The van der Waals surface area contributed by atoms with E-state index in [1.807, 2.05) is 0 Å². The van der Waals surface area contributed by atoms with E-state index in [-0.39, 0.29) is 5.69 Å². The number of amides is 2. The molecule has 0 aliphatic carbocycles. The first-order valence-corrected chi connectivity index (χ1v) is 9.59. The molecule has 0 spiro atoms. The van der Waals surface area contributed by atoms with E-state index in [4.69, 9.17) is 16.3 Å². The van der Waals surface area contributed by atoms with Gasteiger partial charge < -0.3 is 20.7 Å². The van der Waals surface area contributed by atoms with Gasteiger partial charge in [0.2, 0.25) is 0 Å². The van der Waals surface area contributed by atoms with E-state index < -0.39 is 22.8 Å². The van der Waals surface area contributed by atoms with Crippen LogP contribution < -0.4 is 20.7 Å². The Bertz CT molecular complexity index is 1130. The number of rotatable bonds is 6. The van der Waals surface area contributed by atoms with Crippen LogP contribution in [0.25, 0.3) is 5.70 Å². The number of hydrogen-bond acceptors (Lipinski definition) is 4. The van der Waals surface area contributed by atoms with Gasteiger partial charge in [0.1, 0.15) is 11.5 Å². The summed E-state index contributed by atoms with van der Waals surface area (Å²) in [6.07, 6.45) is -3.04. The van der Waals surface area contributed by atoms with Crippen LogP contribution in [0.2, 0.25) is 5.02 Å². The molecule has 0 bridgehead atoms. The fraction of sp³-hybridized carbons (Fsp3) is 0.0909. The van der Waals surface area contributed by atoms with Gasteiger partial charge in [-0.1, -0.05) is 18.2 Å². The molecule has 0 aliphatic rings. The van der Waals surface area contributed by atoms with E-state index in [0.717, 1.165) is 12.1 Å². The molecule has 2 amide bonds. The molecular formula is C22H18ClF3N4O2. The molecule has 3 rings (SSSR count). The van der Waals surface area contributed by atoms with Crippen molar-refractivity contribution in [2.75, 3.05) is 17.7 Å². The lowest BCUT2D eigenvalue weighted by atomic mass is 10.2. The third kappa shape index (κ3) is 5.92. The van der Waals surface area contributed by atoms with E-state index in [9.17, 15) is 18.0 Å². The van der Waals surface area contributed by atoms with Crippen LogP contribution in [-0.4, -0.2) is 18.1 Å². The van der Waals surface area contributed by atoms with E-state index in [1.54, 1.807) is 49.6 Å². The van der Waals surface area contributed by atoms with E-state index in [0.29, 0.717) is 28.6 Å². The Kier molecular flexibility index (Phi) is 6.89. The van der Waals surface area contributed by atoms with Crippen LogP contribution in [-0.2, 0) is 6.18 Å². The lowest BCUT2D eigenvalue weighted by molar-refractivity contribution is -0.137. The monoisotopic (exact) mass is 462 g/mol. The van der Waals surface area contributed by atoms with Gasteiger partial charge in [0.25, 0.3) is 0 Å². The smallest absolute Gasteiger partial charge is 0.417 e. The van der Waals surface area contributed by atoms with Crippen molar-refractivity contribution in [1.82, 2.24) is 10.3 Å². The zero-order valence-corrected chi connectivity index (χ0v) is 17.5. The highest BCUT2D eigenvalue weighted by Gasteiger charge is 2.33. The summed E-state index contributed by atoms with van der Waals surface area (Å²) < 4.78 is 44.6. The molecule has 1 heterocycles. The fourth-order valence-corrected chi connectivity index (χ4v) is 2.85. The first-order valence-electron chi connectivity index (χ1n) is 9.21.